The van der Waals surface area contributed by atoms with Gasteiger partial charge in [0.15, 0.2) is 0 Å². The van der Waals surface area contributed by atoms with Gasteiger partial charge in [-0.05, 0) is 43.4 Å². The van der Waals surface area contributed by atoms with Crippen molar-refractivity contribution < 1.29 is 18.3 Å². The maximum atomic E-state index is 12.8. The van der Waals surface area contributed by atoms with Crippen molar-refractivity contribution in [3.63, 3.8) is 0 Å². The number of nitrogens with zero attached hydrogens (tertiary/aromatic N) is 1. The Labute approximate surface area is 124 Å². The van der Waals surface area contributed by atoms with Gasteiger partial charge in [0.1, 0.15) is 0 Å². The number of hydrogen-bond donors (Lipinski definition) is 1. The van der Waals surface area contributed by atoms with Crippen LogP contribution in [0.5, 0.6) is 0 Å². The lowest BCUT2D eigenvalue weighted by atomic mass is 9.98. The SMILES string of the molecule is O=C(O)c1cccc2c1CCCN2S(=O)(=O)C1CCCC1. The average molecular weight is 309 g/mol. The van der Waals surface area contributed by atoms with Crippen molar-refractivity contribution in [1.29, 1.82) is 0 Å². The van der Waals surface area contributed by atoms with Crippen molar-refractivity contribution >= 4 is 21.7 Å². The summed E-state index contributed by atoms with van der Waals surface area (Å²) in [6.07, 6.45) is 4.64. The average Bonchev–Trinajstić information content (AvgIpc) is 3.00. The third-order valence-electron chi connectivity index (χ3n) is 4.47. The molecule has 0 amide bonds. The second-order valence-corrected chi connectivity index (χ2v) is 7.87. The standard InChI is InChI=1S/C15H19NO4S/c17-15(18)13-7-3-9-14-12(13)8-4-10-16(14)21(19,20)11-5-1-2-6-11/h3,7,9,11H,1-2,4-6,8,10H2,(H,17,18). The van der Waals surface area contributed by atoms with E-state index in [2.05, 4.69) is 0 Å². The van der Waals surface area contributed by atoms with Gasteiger partial charge in [-0.15, -0.1) is 0 Å². The third-order valence-corrected chi connectivity index (χ3v) is 6.78. The summed E-state index contributed by atoms with van der Waals surface area (Å²) in [7, 11) is -3.38. The van der Waals surface area contributed by atoms with Crippen LogP contribution in [-0.4, -0.2) is 31.3 Å². The van der Waals surface area contributed by atoms with E-state index in [-0.39, 0.29) is 10.8 Å². The molecule has 1 aliphatic carbocycles. The Morgan fingerprint density at radius 3 is 2.57 bits per heavy atom. The lowest BCUT2D eigenvalue weighted by Crippen LogP contribution is -2.41. The minimum absolute atomic E-state index is 0.221. The van der Waals surface area contributed by atoms with Gasteiger partial charge in [0.05, 0.1) is 16.5 Å². The van der Waals surface area contributed by atoms with E-state index in [4.69, 9.17) is 0 Å². The Bertz CT molecular complexity index is 662. The molecule has 6 heteroatoms. The molecule has 0 bridgehead atoms. The Kier molecular flexibility index (Phi) is 3.65. The number of sulfonamides is 1. The van der Waals surface area contributed by atoms with Crippen LogP contribution in [-0.2, 0) is 16.4 Å². The number of hydrogen-bond acceptors (Lipinski definition) is 3. The van der Waals surface area contributed by atoms with Gasteiger partial charge in [-0.3, -0.25) is 4.31 Å². The predicted molar refractivity (Wildman–Crippen MR) is 80.2 cm³/mol. The smallest absolute Gasteiger partial charge is 0.336 e. The minimum atomic E-state index is -3.38. The molecule has 1 aromatic carbocycles. The first-order valence-corrected chi connectivity index (χ1v) is 8.89. The molecule has 0 spiro atoms. The number of anilines is 1. The summed E-state index contributed by atoms with van der Waals surface area (Å²) >= 11 is 0. The number of carboxylic acid groups (broad SMARTS) is 1. The second kappa shape index (κ2) is 5.33. The van der Waals surface area contributed by atoms with Crippen molar-refractivity contribution in [2.24, 2.45) is 0 Å². The maximum absolute atomic E-state index is 12.8. The monoisotopic (exact) mass is 309 g/mol. The van der Waals surface area contributed by atoms with E-state index >= 15 is 0 Å². The molecule has 0 unspecified atom stereocenters. The van der Waals surface area contributed by atoms with Crippen molar-refractivity contribution in [1.82, 2.24) is 0 Å². The summed E-state index contributed by atoms with van der Waals surface area (Å²) in [5.41, 5.74) is 1.43. The topological polar surface area (TPSA) is 74.7 Å². The largest absolute Gasteiger partial charge is 0.478 e. The fourth-order valence-corrected chi connectivity index (χ4v) is 5.54. The van der Waals surface area contributed by atoms with Crippen LogP contribution < -0.4 is 4.31 Å². The van der Waals surface area contributed by atoms with E-state index in [0.29, 0.717) is 43.5 Å². The Morgan fingerprint density at radius 2 is 1.90 bits per heavy atom. The van der Waals surface area contributed by atoms with Gasteiger partial charge in [-0.25, -0.2) is 13.2 Å². The van der Waals surface area contributed by atoms with E-state index in [0.717, 1.165) is 12.8 Å². The van der Waals surface area contributed by atoms with Gasteiger partial charge in [0, 0.05) is 6.54 Å². The Morgan fingerprint density at radius 1 is 1.19 bits per heavy atom. The van der Waals surface area contributed by atoms with Crippen LogP contribution in [0.2, 0.25) is 0 Å². The van der Waals surface area contributed by atoms with Crippen molar-refractivity contribution in [3.05, 3.63) is 29.3 Å². The van der Waals surface area contributed by atoms with Crippen LogP contribution in [0.3, 0.4) is 0 Å². The summed E-state index contributed by atoms with van der Waals surface area (Å²) < 4.78 is 27.1. The highest BCUT2D eigenvalue weighted by atomic mass is 32.2. The van der Waals surface area contributed by atoms with Gasteiger partial charge in [-0.2, -0.15) is 0 Å². The molecule has 1 heterocycles. The third kappa shape index (κ3) is 2.41. The van der Waals surface area contributed by atoms with E-state index in [1.54, 1.807) is 18.2 Å². The van der Waals surface area contributed by atoms with E-state index < -0.39 is 16.0 Å². The number of carbonyl (C=O) groups is 1. The van der Waals surface area contributed by atoms with Crippen LogP contribution in [0.25, 0.3) is 0 Å². The Hall–Kier alpha value is -1.56. The van der Waals surface area contributed by atoms with E-state index in [1.165, 1.54) is 4.31 Å². The summed E-state index contributed by atoms with van der Waals surface area (Å²) in [4.78, 5) is 11.3. The highest BCUT2D eigenvalue weighted by Crippen LogP contribution is 2.36. The summed E-state index contributed by atoms with van der Waals surface area (Å²) in [5.74, 6) is -0.994. The zero-order valence-corrected chi connectivity index (χ0v) is 12.6. The quantitative estimate of drug-likeness (QED) is 0.930. The van der Waals surface area contributed by atoms with Crippen molar-refractivity contribution in [2.45, 2.75) is 43.8 Å². The summed E-state index contributed by atoms with van der Waals surface area (Å²) in [6.45, 7) is 0.453. The lowest BCUT2D eigenvalue weighted by molar-refractivity contribution is 0.0695. The minimum Gasteiger partial charge on any atom is -0.478 e. The van der Waals surface area contributed by atoms with Crippen LogP contribution >= 0.6 is 0 Å². The molecule has 0 radical (unpaired) electrons. The maximum Gasteiger partial charge on any atom is 0.336 e. The molecule has 0 atom stereocenters. The van der Waals surface area contributed by atoms with Gasteiger partial charge < -0.3 is 5.11 Å². The zero-order valence-electron chi connectivity index (χ0n) is 11.8. The van der Waals surface area contributed by atoms with Gasteiger partial charge in [0.25, 0.3) is 0 Å². The molecular formula is C15H19NO4S. The molecular weight excluding hydrogens is 290 g/mol. The normalized spacial score (nSPS) is 19.5. The number of rotatable bonds is 3. The molecule has 1 aliphatic heterocycles. The molecule has 0 saturated heterocycles. The number of fused-ring (bicyclic) bond motifs is 1. The number of benzene rings is 1. The summed E-state index contributed by atoms with van der Waals surface area (Å²) in [6, 6.07) is 4.91. The first kappa shape index (κ1) is 14.4. The van der Waals surface area contributed by atoms with Crippen LogP contribution in [0.15, 0.2) is 18.2 Å². The zero-order chi connectivity index (χ0) is 15.0. The molecule has 1 aromatic rings. The predicted octanol–water partition coefficient (Wildman–Crippen LogP) is 2.41. The Balaban J connectivity index is 2.05. The first-order chi connectivity index (χ1) is 10.0. The van der Waals surface area contributed by atoms with Gasteiger partial charge in [-0.1, -0.05) is 18.9 Å². The van der Waals surface area contributed by atoms with Gasteiger partial charge in [0.2, 0.25) is 10.0 Å². The number of carboxylic acids is 1. The fraction of sp³-hybridized carbons (Fsp3) is 0.533. The summed E-state index contributed by atoms with van der Waals surface area (Å²) in [5, 5.41) is 8.97. The molecule has 5 nitrogen and oxygen atoms in total. The van der Waals surface area contributed by atoms with Gasteiger partial charge >= 0.3 is 5.97 Å². The van der Waals surface area contributed by atoms with E-state index in [9.17, 15) is 18.3 Å². The van der Waals surface area contributed by atoms with Crippen molar-refractivity contribution in [3.8, 4) is 0 Å². The van der Waals surface area contributed by atoms with Crippen LogP contribution in [0.4, 0.5) is 5.69 Å². The highest BCUT2D eigenvalue weighted by Gasteiger charge is 2.37. The molecule has 1 fully saturated rings. The van der Waals surface area contributed by atoms with Crippen LogP contribution in [0.1, 0.15) is 48.0 Å². The molecule has 1 saturated carbocycles. The van der Waals surface area contributed by atoms with Crippen LogP contribution in [0, 0.1) is 0 Å². The molecule has 114 valence electrons. The molecule has 2 aliphatic rings. The first-order valence-electron chi connectivity index (χ1n) is 7.38. The fourth-order valence-electron chi connectivity index (χ4n) is 3.42. The highest BCUT2D eigenvalue weighted by molar-refractivity contribution is 7.93. The van der Waals surface area contributed by atoms with Crippen molar-refractivity contribution in [2.75, 3.05) is 10.8 Å². The molecule has 21 heavy (non-hydrogen) atoms. The second-order valence-electron chi connectivity index (χ2n) is 5.74. The molecule has 0 aromatic heterocycles. The molecule has 3 rings (SSSR count). The number of aromatic carboxylic acids is 1. The lowest BCUT2D eigenvalue weighted by Gasteiger charge is -2.33. The molecule has 1 N–H and O–H groups in total. The van der Waals surface area contributed by atoms with E-state index in [1.807, 2.05) is 0 Å².